The minimum atomic E-state index is -4.15. The van der Waals surface area contributed by atoms with Gasteiger partial charge in [-0.1, -0.05) is 13.8 Å². The molecule has 0 rings (SSSR count). The second kappa shape index (κ2) is 9.87. The molecule has 0 bridgehead atoms. The first-order valence-electron chi connectivity index (χ1n) is 7.36. The minimum Gasteiger partial charge on any atom is -0.355 e. The average Bonchev–Trinajstić information content (AvgIpc) is 2.32. The highest BCUT2D eigenvalue weighted by molar-refractivity contribution is 5.79. The number of aliphatic imine (C=N–C) groups is 1. The van der Waals surface area contributed by atoms with Gasteiger partial charge in [0.15, 0.2) is 5.96 Å². The van der Waals surface area contributed by atoms with Crippen LogP contribution >= 0.6 is 0 Å². The summed E-state index contributed by atoms with van der Waals surface area (Å²) in [4.78, 5) is 5.32. The lowest BCUT2D eigenvalue weighted by Gasteiger charge is -2.21. The average molecular weight is 310 g/mol. The van der Waals surface area contributed by atoms with E-state index >= 15 is 0 Å². The third-order valence-electron chi connectivity index (χ3n) is 3.02. The Morgan fingerprint density at radius 2 is 1.81 bits per heavy atom. The fourth-order valence-corrected chi connectivity index (χ4v) is 1.83. The minimum absolute atomic E-state index is 0.284. The van der Waals surface area contributed by atoms with Crippen molar-refractivity contribution in [1.29, 1.82) is 0 Å². The van der Waals surface area contributed by atoms with Crippen LogP contribution in [-0.4, -0.2) is 56.8 Å². The zero-order valence-corrected chi connectivity index (χ0v) is 13.7. The van der Waals surface area contributed by atoms with Gasteiger partial charge in [-0.05, 0) is 32.7 Å². The summed E-state index contributed by atoms with van der Waals surface area (Å²) < 4.78 is 36.5. The topological polar surface area (TPSA) is 39.7 Å². The number of nitrogens with zero attached hydrogens (tertiary/aromatic N) is 2. The van der Waals surface area contributed by atoms with Crippen molar-refractivity contribution in [2.24, 2.45) is 10.9 Å². The van der Waals surface area contributed by atoms with E-state index in [4.69, 9.17) is 0 Å². The summed E-state index contributed by atoms with van der Waals surface area (Å²) in [5, 5.41) is 6.28. The number of rotatable bonds is 8. The van der Waals surface area contributed by atoms with Crippen LogP contribution in [0.1, 0.15) is 33.6 Å². The van der Waals surface area contributed by atoms with Crippen molar-refractivity contribution in [3.05, 3.63) is 0 Å². The van der Waals surface area contributed by atoms with Crippen LogP contribution in [0, 0.1) is 5.92 Å². The second-order valence-electron chi connectivity index (χ2n) is 5.87. The lowest BCUT2D eigenvalue weighted by molar-refractivity contribution is -0.142. The Morgan fingerprint density at radius 3 is 2.29 bits per heavy atom. The molecule has 0 fully saturated rings. The molecule has 0 aromatic heterocycles. The maximum atomic E-state index is 12.2. The van der Waals surface area contributed by atoms with Gasteiger partial charge < -0.3 is 10.6 Å². The monoisotopic (exact) mass is 310 g/mol. The number of nitrogens with one attached hydrogen (secondary N) is 2. The maximum absolute atomic E-state index is 12.2. The Bertz CT molecular complexity index is 303. The van der Waals surface area contributed by atoms with Crippen LogP contribution in [0.25, 0.3) is 0 Å². The molecule has 0 radical (unpaired) electrons. The van der Waals surface area contributed by atoms with E-state index in [1.807, 2.05) is 0 Å². The zero-order valence-electron chi connectivity index (χ0n) is 13.7. The molecule has 0 aliphatic heterocycles. The summed E-state index contributed by atoms with van der Waals surface area (Å²) in [7, 11) is 3.11. The Kier molecular flexibility index (Phi) is 9.41. The molecule has 0 saturated heterocycles. The first-order valence-corrected chi connectivity index (χ1v) is 7.36. The van der Waals surface area contributed by atoms with Gasteiger partial charge in [0.1, 0.15) is 0 Å². The molecule has 0 aromatic rings. The summed E-state index contributed by atoms with van der Waals surface area (Å²) in [6, 6.07) is 0.284. The van der Waals surface area contributed by atoms with Crippen LogP contribution in [0.15, 0.2) is 4.99 Å². The number of hydrogen-bond donors (Lipinski definition) is 2. The molecule has 126 valence electrons. The van der Waals surface area contributed by atoms with Gasteiger partial charge in [-0.2, -0.15) is 13.2 Å². The Labute approximate surface area is 126 Å². The predicted octanol–water partition coefficient (Wildman–Crippen LogP) is 2.47. The second-order valence-corrected chi connectivity index (χ2v) is 5.87. The lowest BCUT2D eigenvalue weighted by Crippen LogP contribution is -2.45. The fraction of sp³-hybridized carbons (Fsp3) is 0.929. The molecule has 2 N–H and O–H groups in total. The van der Waals surface area contributed by atoms with Gasteiger partial charge in [-0.15, -0.1) is 0 Å². The standard InChI is InChI=1S/C14H29F3N4/c1-11(2)6-7-12(3)20-13(18-4)19-8-9-21(5)10-14(15,16)17/h11-12H,6-10H2,1-5H3,(H2,18,19,20). The number of likely N-dealkylation sites (N-methyl/N-ethyl adjacent to an activating group) is 1. The lowest BCUT2D eigenvalue weighted by atomic mass is 10.0. The van der Waals surface area contributed by atoms with Crippen molar-refractivity contribution in [1.82, 2.24) is 15.5 Å². The quantitative estimate of drug-likeness (QED) is 0.534. The van der Waals surface area contributed by atoms with Crippen LogP contribution < -0.4 is 10.6 Å². The van der Waals surface area contributed by atoms with Crippen molar-refractivity contribution in [3.63, 3.8) is 0 Å². The Morgan fingerprint density at radius 1 is 1.19 bits per heavy atom. The molecule has 0 aliphatic carbocycles. The van der Waals surface area contributed by atoms with Gasteiger partial charge in [0.05, 0.1) is 6.54 Å². The molecule has 21 heavy (non-hydrogen) atoms. The molecule has 0 saturated carbocycles. The van der Waals surface area contributed by atoms with Crippen molar-refractivity contribution in [2.75, 3.05) is 33.7 Å². The molecular weight excluding hydrogens is 281 g/mol. The van der Waals surface area contributed by atoms with Gasteiger partial charge in [-0.25, -0.2) is 0 Å². The maximum Gasteiger partial charge on any atom is 0.401 e. The predicted molar refractivity (Wildman–Crippen MR) is 81.6 cm³/mol. The fourth-order valence-electron chi connectivity index (χ4n) is 1.83. The summed E-state index contributed by atoms with van der Waals surface area (Å²) in [5.74, 6) is 1.28. The SMILES string of the molecule is CN=C(NCCN(C)CC(F)(F)F)NC(C)CCC(C)C. The first kappa shape index (κ1) is 20.0. The molecule has 0 spiro atoms. The largest absolute Gasteiger partial charge is 0.401 e. The van der Waals surface area contributed by atoms with E-state index in [1.54, 1.807) is 7.05 Å². The molecule has 1 atom stereocenters. The third-order valence-corrected chi connectivity index (χ3v) is 3.02. The number of guanidine groups is 1. The molecular formula is C14H29F3N4. The third kappa shape index (κ3) is 12.5. The van der Waals surface area contributed by atoms with E-state index in [0.717, 1.165) is 12.8 Å². The van der Waals surface area contributed by atoms with Gasteiger partial charge >= 0.3 is 6.18 Å². The van der Waals surface area contributed by atoms with Gasteiger partial charge in [0, 0.05) is 26.2 Å². The van der Waals surface area contributed by atoms with Crippen molar-refractivity contribution in [2.45, 2.75) is 45.8 Å². The number of hydrogen-bond acceptors (Lipinski definition) is 2. The summed E-state index contributed by atoms with van der Waals surface area (Å²) in [6.45, 7) is 6.26. The van der Waals surface area contributed by atoms with E-state index in [2.05, 4.69) is 36.4 Å². The molecule has 0 aliphatic rings. The summed E-state index contributed by atoms with van der Waals surface area (Å²) in [6.07, 6.45) is -1.99. The molecule has 0 amide bonds. The molecule has 0 heterocycles. The molecule has 1 unspecified atom stereocenters. The highest BCUT2D eigenvalue weighted by Gasteiger charge is 2.28. The van der Waals surface area contributed by atoms with Crippen LogP contribution in [0.5, 0.6) is 0 Å². The Balaban J connectivity index is 3.95. The van der Waals surface area contributed by atoms with Crippen LogP contribution in [0.3, 0.4) is 0 Å². The molecule has 4 nitrogen and oxygen atoms in total. The smallest absolute Gasteiger partial charge is 0.355 e. The summed E-state index contributed by atoms with van der Waals surface area (Å²) >= 11 is 0. The van der Waals surface area contributed by atoms with Crippen LogP contribution in [0.4, 0.5) is 13.2 Å². The van der Waals surface area contributed by atoms with E-state index in [1.165, 1.54) is 11.9 Å². The first-order chi connectivity index (χ1) is 9.64. The number of alkyl halides is 3. The van der Waals surface area contributed by atoms with E-state index < -0.39 is 12.7 Å². The van der Waals surface area contributed by atoms with Gasteiger partial charge in [0.2, 0.25) is 0 Å². The van der Waals surface area contributed by atoms with Crippen molar-refractivity contribution < 1.29 is 13.2 Å². The van der Waals surface area contributed by atoms with Gasteiger partial charge in [-0.3, -0.25) is 9.89 Å². The summed E-state index contributed by atoms with van der Waals surface area (Å²) in [5.41, 5.74) is 0. The highest BCUT2D eigenvalue weighted by atomic mass is 19.4. The van der Waals surface area contributed by atoms with Crippen molar-refractivity contribution in [3.8, 4) is 0 Å². The number of halogens is 3. The highest BCUT2D eigenvalue weighted by Crippen LogP contribution is 2.14. The molecule has 0 aromatic carbocycles. The van der Waals surface area contributed by atoms with Crippen LogP contribution in [-0.2, 0) is 0 Å². The van der Waals surface area contributed by atoms with E-state index in [9.17, 15) is 13.2 Å². The normalized spacial score (nSPS) is 14.7. The molecule has 7 heteroatoms. The van der Waals surface area contributed by atoms with Crippen molar-refractivity contribution >= 4 is 5.96 Å². The van der Waals surface area contributed by atoms with E-state index in [0.29, 0.717) is 25.0 Å². The van der Waals surface area contributed by atoms with Gasteiger partial charge in [0.25, 0.3) is 0 Å². The van der Waals surface area contributed by atoms with E-state index in [-0.39, 0.29) is 6.04 Å². The Hall–Kier alpha value is -0.980. The van der Waals surface area contributed by atoms with Crippen LogP contribution in [0.2, 0.25) is 0 Å². The zero-order chi connectivity index (χ0) is 16.5.